The molecule has 3 rings (SSSR count). The highest BCUT2D eigenvalue weighted by Crippen LogP contribution is 2.45. The van der Waals surface area contributed by atoms with Gasteiger partial charge in [-0.3, -0.25) is 4.79 Å². The zero-order valence-corrected chi connectivity index (χ0v) is 10.1. The second-order valence-corrected chi connectivity index (χ2v) is 4.93. The lowest BCUT2D eigenvalue weighted by molar-refractivity contribution is -0.308. The first-order valence-electron chi connectivity index (χ1n) is 6.16. The van der Waals surface area contributed by atoms with Crippen LogP contribution in [0.3, 0.4) is 0 Å². The predicted octanol–water partition coefficient (Wildman–Crippen LogP) is -0.0108. The Morgan fingerprint density at radius 3 is 2.84 bits per heavy atom. The topological polar surface area (TPSA) is 95.2 Å². The number of para-hydroxylation sites is 1. The lowest BCUT2D eigenvalue weighted by atomic mass is 9.78. The third-order valence-corrected chi connectivity index (χ3v) is 3.92. The highest BCUT2D eigenvalue weighted by molar-refractivity contribution is 6.00. The normalized spacial score (nSPS) is 27.3. The summed E-state index contributed by atoms with van der Waals surface area (Å²) in [6.07, 6.45) is 4.65. The Bertz CT molecular complexity index is 594. The van der Waals surface area contributed by atoms with E-state index in [9.17, 15) is 14.7 Å². The average Bonchev–Trinajstić information content (AvgIpc) is 2.85. The van der Waals surface area contributed by atoms with Gasteiger partial charge in [0.05, 0.1) is 23.3 Å². The maximum absolute atomic E-state index is 11.4. The first-order valence-corrected chi connectivity index (χ1v) is 6.16. The molecule has 1 aliphatic carbocycles. The van der Waals surface area contributed by atoms with Crippen LogP contribution in [0.4, 0.5) is 5.69 Å². The number of amides is 1. The maximum atomic E-state index is 11.4. The van der Waals surface area contributed by atoms with E-state index in [0.29, 0.717) is 17.7 Å². The molecular weight excluding hydrogens is 244 g/mol. The Morgan fingerprint density at radius 2 is 2.16 bits per heavy atom. The van der Waals surface area contributed by atoms with Crippen LogP contribution in [-0.2, 0) is 4.79 Å². The molecule has 5 nitrogen and oxygen atoms in total. The Hall–Kier alpha value is -2.30. The van der Waals surface area contributed by atoms with Gasteiger partial charge in [0, 0.05) is 5.92 Å². The second kappa shape index (κ2) is 4.12. The molecule has 98 valence electrons. The molecule has 0 radical (unpaired) electrons. The van der Waals surface area contributed by atoms with E-state index in [4.69, 9.17) is 5.73 Å². The third kappa shape index (κ3) is 1.69. The highest BCUT2D eigenvalue weighted by Gasteiger charge is 2.38. The number of anilines is 1. The highest BCUT2D eigenvalue weighted by atomic mass is 16.4. The summed E-state index contributed by atoms with van der Waals surface area (Å²) in [4.78, 5) is 22.7. The maximum Gasteiger partial charge on any atom is 0.250 e. The molecule has 1 aliphatic heterocycles. The van der Waals surface area contributed by atoms with Gasteiger partial charge in [0.2, 0.25) is 0 Å². The minimum absolute atomic E-state index is 0.00144. The van der Waals surface area contributed by atoms with Gasteiger partial charge in [-0.1, -0.05) is 24.3 Å². The van der Waals surface area contributed by atoms with Crippen LogP contribution >= 0.6 is 0 Å². The number of carboxylic acids is 1. The van der Waals surface area contributed by atoms with E-state index in [-0.39, 0.29) is 11.8 Å². The molecule has 0 spiro atoms. The minimum atomic E-state index is -1.15. The minimum Gasteiger partial charge on any atom is -0.548 e. The lowest BCUT2D eigenvalue weighted by Crippen LogP contribution is -2.49. The molecule has 1 amide bonds. The Labute approximate surface area is 110 Å². The number of carbonyl (C=O) groups excluding carboxylic acids is 2. The molecule has 19 heavy (non-hydrogen) atoms. The zero-order valence-electron chi connectivity index (χ0n) is 10.1. The molecule has 3 N–H and O–H groups in total. The molecule has 1 heterocycles. The number of allylic oxidation sites excluding steroid dienone is 2. The molecule has 2 aliphatic rings. The number of nitrogens with two attached hydrogens (primary N) is 1. The summed E-state index contributed by atoms with van der Waals surface area (Å²) in [5, 5.41) is 14.2. The van der Waals surface area contributed by atoms with Gasteiger partial charge in [-0.05, 0) is 24.0 Å². The number of carboxylic acid groups (broad SMARTS) is 1. The van der Waals surface area contributed by atoms with Crippen molar-refractivity contribution in [2.75, 3.05) is 5.32 Å². The number of hydrogen-bond donors (Lipinski definition) is 2. The molecule has 5 heteroatoms. The van der Waals surface area contributed by atoms with Crippen LogP contribution in [0.5, 0.6) is 0 Å². The Morgan fingerprint density at radius 1 is 1.37 bits per heavy atom. The zero-order chi connectivity index (χ0) is 13.6. The molecule has 3 atom stereocenters. The molecule has 0 bridgehead atoms. The summed E-state index contributed by atoms with van der Waals surface area (Å²) in [5.41, 5.74) is 7.11. The van der Waals surface area contributed by atoms with Gasteiger partial charge < -0.3 is 21.0 Å². The van der Waals surface area contributed by atoms with Crippen LogP contribution in [-0.4, -0.2) is 17.9 Å². The smallest absolute Gasteiger partial charge is 0.250 e. The van der Waals surface area contributed by atoms with Crippen molar-refractivity contribution in [3.8, 4) is 0 Å². The van der Waals surface area contributed by atoms with Crippen molar-refractivity contribution in [2.45, 2.75) is 18.4 Å². The van der Waals surface area contributed by atoms with Crippen molar-refractivity contribution in [3.05, 3.63) is 41.5 Å². The van der Waals surface area contributed by atoms with Crippen LogP contribution in [0.25, 0.3) is 0 Å². The monoisotopic (exact) mass is 257 g/mol. The molecule has 0 aromatic heterocycles. The fourth-order valence-corrected chi connectivity index (χ4v) is 3.06. The summed E-state index contributed by atoms with van der Waals surface area (Å²) < 4.78 is 0. The Kier molecular flexibility index (Phi) is 2.55. The standard InChI is InChI=1S/C14H14N2O3/c15-13(17)10-6-2-4-8-7-3-1-5-9(7)12(14(18)19)16-11(8)10/h1-4,6-7,9,12,16H,5H2,(H2,15,17)(H,18,19)/p-1/t7-,9+,12-/m1/s1. The van der Waals surface area contributed by atoms with Gasteiger partial charge >= 0.3 is 0 Å². The van der Waals surface area contributed by atoms with Crippen LogP contribution in [0, 0.1) is 5.92 Å². The van der Waals surface area contributed by atoms with Gasteiger partial charge in [-0.2, -0.15) is 0 Å². The number of aliphatic carboxylic acids is 1. The van der Waals surface area contributed by atoms with Gasteiger partial charge in [0.25, 0.3) is 5.91 Å². The summed E-state index contributed by atoms with van der Waals surface area (Å²) in [5.74, 6) is -1.79. The second-order valence-electron chi connectivity index (χ2n) is 4.93. The number of hydrogen-bond acceptors (Lipinski definition) is 4. The predicted molar refractivity (Wildman–Crippen MR) is 67.4 cm³/mol. The summed E-state index contributed by atoms with van der Waals surface area (Å²) in [6.45, 7) is 0. The van der Waals surface area contributed by atoms with E-state index in [1.54, 1.807) is 12.1 Å². The van der Waals surface area contributed by atoms with E-state index in [0.717, 1.165) is 5.56 Å². The lowest BCUT2D eigenvalue weighted by Gasteiger charge is -2.38. The SMILES string of the molecule is NC(=O)c1cccc2c1N[C@@H](C(=O)[O-])[C@H]1CC=C[C@H]21. The first-order chi connectivity index (χ1) is 9.09. The van der Waals surface area contributed by atoms with Crippen LogP contribution in [0.1, 0.15) is 28.3 Å². The Balaban J connectivity index is 2.15. The third-order valence-electron chi connectivity index (χ3n) is 3.92. The number of nitrogens with one attached hydrogen (secondary N) is 1. The van der Waals surface area contributed by atoms with E-state index >= 15 is 0 Å². The quantitative estimate of drug-likeness (QED) is 0.728. The van der Waals surface area contributed by atoms with Crippen molar-refractivity contribution in [1.82, 2.24) is 0 Å². The van der Waals surface area contributed by atoms with Crippen molar-refractivity contribution >= 4 is 17.6 Å². The molecule has 1 aromatic rings. The van der Waals surface area contributed by atoms with E-state index in [1.165, 1.54) is 0 Å². The van der Waals surface area contributed by atoms with Crippen molar-refractivity contribution in [1.29, 1.82) is 0 Å². The van der Waals surface area contributed by atoms with E-state index < -0.39 is 17.9 Å². The number of benzene rings is 1. The fourth-order valence-electron chi connectivity index (χ4n) is 3.06. The molecule has 0 saturated carbocycles. The molecule has 0 saturated heterocycles. The van der Waals surface area contributed by atoms with Crippen molar-refractivity contribution < 1.29 is 14.7 Å². The van der Waals surface area contributed by atoms with Crippen LogP contribution < -0.4 is 16.2 Å². The van der Waals surface area contributed by atoms with Crippen LogP contribution in [0.15, 0.2) is 30.4 Å². The molecule has 1 aromatic carbocycles. The average molecular weight is 257 g/mol. The molecular formula is C14H13N2O3-. The molecule has 0 fully saturated rings. The summed E-state index contributed by atoms with van der Waals surface area (Å²) in [6, 6.07) is 4.46. The molecule has 0 unspecified atom stereocenters. The van der Waals surface area contributed by atoms with Gasteiger partial charge in [0.1, 0.15) is 0 Å². The summed E-state index contributed by atoms with van der Waals surface area (Å²) >= 11 is 0. The fraction of sp³-hybridized carbons (Fsp3) is 0.286. The number of rotatable bonds is 2. The number of carbonyl (C=O) groups is 2. The van der Waals surface area contributed by atoms with Crippen molar-refractivity contribution in [3.63, 3.8) is 0 Å². The van der Waals surface area contributed by atoms with Gasteiger partial charge in [-0.25, -0.2) is 0 Å². The van der Waals surface area contributed by atoms with Crippen molar-refractivity contribution in [2.24, 2.45) is 11.7 Å². The van der Waals surface area contributed by atoms with Crippen LogP contribution in [0.2, 0.25) is 0 Å². The number of primary amides is 1. The number of fused-ring (bicyclic) bond motifs is 3. The summed E-state index contributed by atoms with van der Waals surface area (Å²) in [7, 11) is 0. The van der Waals surface area contributed by atoms with Gasteiger partial charge in [-0.15, -0.1) is 0 Å². The largest absolute Gasteiger partial charge is 0.548 e. The van der Waals surface area contributed by atoms with E-state index in [1.807, 2.05) is 18.2 Å². The first kappa shape index (κ1) is 11.8. The van der Waals surface area contributed by atoms with E-state index in [2.05, 4.69) is 5.32 Å². The van der Waals surface area contributed by atoms with Gasteiger partial charge in [0.15, 0.2) is 0 Å².